The molecule has 1 heterocycles. The number of hydrogen-bond acceptors (Lipinski definition) is 3. The smallest absolute Gasteiger partial charge is 0.410 e. The molecule has 5 heteroatoms. The maximum absolute atomic E-state index is 12.6. The summed E-state index contributed by atoms with van der Waals surface area (Å²) in [6, 6.07) is 6.36. The molecule has 0 saturated carbocycles. The molecule has 2 rings (SSSR count). The topological polar surface area (TPSA) is 46.6 Å². The van der Waals surface area contributed by atoms with Crippen molar-refractivity contribution in [2.45, 2.75) is 45.3 Å². The van der Waals surface area contributed by atoms with Crippen LogP contribution < -0.4 is 0 Å². The van der Waals surface area contributed by atoms with Gasteiger partial charge in [-0.15, -0.1) is 0 Å². The van der Waals surface area contributed by atoms with Crippen molar-refractivity contribution in [3.05, 3.63) is 34.9 Å². The lowest BCUT2D eigenvalue weighted by molar-refractivity contribution is 0.0222. The molecular weight excluding hydrogens is 290 g/mol. The van der Waals surface area contributed by atoms with E-state index < -0.39 is 17.7 Å². The second-order valence-corrected chi connectivity index (χ2v) is 6.64. The lowest BCUT2D eigenvalue weighted by atomic mass is 10.0. The van der Waals surface area contributed by atoms with E-state index in [0.29, 0.717) is 23.6 Å². The Morgan fingerprint density at radius 1 is 1.33 bits per heavy atom. The summed E-state index contributed by atoms with van der Waals surface area (Å²) in [5.41, 5.74) is -0.0356. The van der Waals surface area contributed by atoms with Gasteiger partial charge in [0.05, 0.1) is 6.04 Å². The SMILES string of the molecule is CC(C)(C)OC(=O)N1CCC[C@H]1C(=O)c1cccc(Cl)c1. The molecule has 1 saturated heterocycles. The average Bonchev–Trinajstić information content (AvgIpc) is 2.85. The van der Waals surface area contributed by atoms with Gasteiger partial charge in [0.2, 0.25) is 0 Å². The summed E-state index contributed by atoms with van der Waals surface area (Å²) in [7, 11) is 0. The predicted molar refractivity (Wildman–Crippen MR) is 81.7 cm³/mol. The number of amides is 1. The Morgan fingerprint density at radius 3 is 2.67 bits per heavy atom. The number of hydrogen-bond donors (Lipinski definition) is 0. The standard InChI is InChI=1S/C16H20ClNO3/c1-16(2,3)21-15(20)18-9-5-8-13(18)14(19)11-6-4-7-12(17)10-11/h4,6-7,10,13H,5,8-9H2,1-3H3/t13-/m0/s1. The number of likely N-dealkylation sites (tertiary alicyclic amines) is 1. The monoisotopic (exact) mass is 309 g/mol. The van der Waals surface area contributed by atoms with Gasteiger partial charge in [-0.3, -0.25) is 9.69 Å². The van der Waals surface area contributed by atoms with Gasteiger partial charge in [0.1, 0.15) is 5.60 Å². The van der Waals surface area contributed by atoms with E-state index in [9.17, 15) is 9.59 Å². The zero-order valence-corrected chi connectivity index (χ0v) is 13.3. The van der Waals surface area contributed by atoms with E-state index in [-0.39, 0.29) is 5.78 Å². The van der Waals surface area contributed by atoms with Crippen LogP contribution in [0.2, 0.25) is 5.02 Å². The third-order valence-corrected chi connectivity index (χ3v) is 3.53. The van der Waals surface area contributed by atoms with Crippen LogP contribution in [0.1, 0.15) is 44.0 Å². The first-order chi connectivity index (χ1) is 9.78. The molecule has 1 aliphatic rings. The van der Waals surface area contributed by atoms with Gasteiger partial charge in [0.25, 0.3) is 0 Å². The van der Waals surface area contributed by atoms with Gasteiger partial charge in [-0.2, -0.15) is 0 Å². The minimum atomic E-state index is -0.566. The van der Waals surface area contributed by atoms with Crippen molar-refractivity contribution in [3.8, 4) is 0 Å². The van der Waals surface area contributed by atoms with E-state index in [1.54, 1.807) is 24.3 Å². The Balaban J connectivity index is 2.15. The number of benzene rings is 1. The number of nitrogens with zero attached hydrogens (tertiary/aromatic N) is 1. The first-order valence-electron chi connectivity index (χ1n) is 7.07. The lowest BCUT2D eigenvalue weighted by Gasteiger charge is -2.28. The minimum Gasteiger partial charge on any atom is -0.444 e. The molecule has 0 spiro atoms. The summed E-state index contributed by atoms with van der Waals surface area (Å²) in [6.45, 7) is 5.99. The molecule has 1 fully saturated rings. The third kappa shape index (κ3) is 3.97. The summed E-state index contributed by atoms with van der Waals surface area (Å²) in [5.74, 6) is -0.0825. The highest BCUT2D eigenvalue weighted by Crippen LogP contribution is 2.24. The zero-order valence-electron chi connectivity index (χ0n) is 12.6. The lowest BCUT2D eigenvalue weighted by Crippen LogP contribution is -2.43. The zero-order chi connectivity index (χ0) is 15.6. The predicted octanol–water partition coefficient (Wildman–Crippen LogP) is 3.92. The van der Waals surface area contributed by atoms with Gasteiger partial charge >= 0.3 is 6.09 Å². The second kappa shape index (κ2) is 6.06. The van der Waals surface area contributed by atoms with Crippen molar-refractivity contribution in [3.63, 3.8) is 0 Å². The summed E-state index contributed by atoms with van der Waals surface area (Å²) in [5, 5.41) is 0.516. The van der Waals surface area contributed by atoms with Gasteiger partial charge in [0, 0.05) is 17.1 Å². The van der Waals surface area contributed by atoms with Gasteiger partial charge in [-0.1, -0.05) is 23.7 Å². The molecule has 0 radical (unpaired) electrons. The van der Waals surface area contributed by atoms with E-state index >= 15 is 0 Å². The number of halogens is 1. The fourth-order valence-corrected chi connectivity index (χ4v) is 2.60. The van der Waals surface area contributed by atoms with Crippen molar-refractivity contribution >= 4 is 23.5 Å². The maximum Gasteiger partial charge on any atom is 0.410 e. The van der Waals surface area contributed by atoms with Crippen molar-refractivity contribution in [2.24, 2.45) is 0 Å². The first-order valence-corrected chi connectivity index (χ1v) is 7.45. The van der Waals surface area contributed by atoms with Crippen LogP contribution in [0.25, 0.3) is 0 Å². The summed E-state index contributed by atoms with van der Waals surface area (Å²) in [6.07, 6.45) is 1.03. The van der Waals surface area contributed by atoms with E-state index in [0.717, 1.165) is 6.42 Å². The molecule has 0 unspecified atom stereocenters. The maximum atomic E-state index is 12.6. The molecule has 4 nitrogen and oxygen atoms in total. The van der Waals surface area contributed by atoms with Crippen molar-refractivity contribution in [1.82, 2.24) is 4.90 Å². The average molecular weight is 310 g/mol. The van der Waals surface area contributed by atoms with Crippen LogP contribution in [-0.2, 0) is 4.74 Å². The Hall–Kier alpha value is -1.55. The van der Waals surface area contributed by atoms with Crippen molar-refractivity contribution in [1.29, 1.82) is 0 Å². The van der Waals surface area contributed by atoms with Crippen LogP contribution in [0.5, 0.6) is 0 Å². The molecule has 0 bridgehead atoms. The molecular formula is C16H20ClNO3. The van der Waals surface area contributed by atoms with Gasteiger partial charge < -0.3 is 4.74 Å². The number of carbonyl (C=O) groups is 2. The first kappa shape index (κ1) is 15.8. The van der Waals surface area contributed by atoms with Crippen LogP contribution in [0.15, 0.2) is 24.3 Å². The Morgan fingerprint density at radius 2 is 2.05 bits per heavy atom. The quantitative estimate of drug-likeness (QED) is 0.778. The van der Waals surface area contributed by atoms with Crippen LogP contribution in [0, 0.1) is 0 Å². The second-order valence-electron chi connectivity index (χ2n) is 6.21. The van der Waals surface area contributed by atoms with E-state index in [2.05, 4.69) is 0 Å². The molecule has 1 aromatic carbocycles. The third-order valence-electron chi connectivity index (χ3n) is 3.29. The molecule has 0 N–H and O–H groups in total. The molecule has 1 aromatic rings. The normalized spacial score (nSPS) is 18.7. The van der Waals surface area contributed by atoms with Crippen LogP contribution in [0.3, 0.4) is 0 Å². The number of Topliss-reactive ketones (excluding diaryl/α,β-unsaturated/α-hetero) is 1. The van der Waals surface area contributed by atoms with Crippen LogP contribution in [-0.4, -0.2) is 35.0 Å². The minimum absolute atomic E-state index is 0.0825. The van der Waals surface area contributed by atoms with Crippen molar-refractivity contribution < 1.29 is 14.3 Å². The van der Waals surface area contributed by atoms with Crippen LogP contribution in [0.4, 0.5) is 4.79 Å². The molecule has 1 amide bonds. The van der Waals surface area contributed by atoms with Gasteiger partial charge in [0.15, 0.2) is 5.78 Å². The summed E-state index contributed by atoms with van der Waals surface area (Å²) >= 11 is 5.92. The fourth-order valence-electron chi connectivity index (χ4n) is 2.41. The highest BCUT2D eigenvalue weighted by molar-refractivity contribution is 6.31. The number of carbonyl (C=O) groups excluding carboxylic acids is 2. The number of rotatable bonds is 2. The molecule has 114 valence electrons. The number of ether oxygens (including phenoxy) is 1. The molecule has 0 aromatic heterocycles. The largest absolute Gasteiger partial charge is 0.444 e. The highest BCUT2D eigenvalue weighted by atomic mass is 35.5. The van der Waals surface area contributed by atoms with Crippen molar-refractivity contribution in [2.75, 3.05) is 6.54 Å². The molecule has 21 heavy (non-hydrogen) atoms. The Kier molecular flexibility index (Phi) is 4.57. The Bertz CT molecular complexity index is 551. The molecule has 1 atom stereocenters. The molecule has 0 aliphatic carbocycles. The van der Waals surface area contributed by atoms with E-state index in [4.69, 9.17) is 16.3 Å². The van der Waals surface area contributed by atoms with Crippen LogP contribution >= 0.6 is 11.6 Å². The fraction of sp³-hybridized carbons (Fsp3) is 0.500. The highest BCUT2D eigenvalue weighted by Gasteiger charge is 2.36. The summed E-state index contributed by atoms with van der Waals surface area (Å²) in [4.78, 5) is 26.3. The molecule has 1 aliphatic heterocycles. The summed E-state index contributed by atoms with van der Waals surface area (Å²) < 4.78 is 5.37. The van der Waals surface area contributed by atoms with E-state index in [1.165, 1.54) is 4.90 Å². The van der Waals surface area contributed by atoms with E-state index in [1.807, 2.05) is 20.8 Å². The van der Waals surface area contributed by atoms with Gasteiger partial charge in [-0.25, -0.2) is 4.79 Å². The number of ketones is 1. The van der Waals surface area contributed by atoms with Gasteiger partial charge in [-0.05, 0) is 45.7 Å². The Labute approximate surface area is 130 Å².